The zero-order chi connectivity index (χ0) is 24.8. The Bertz CT molecular complexity index is 1070. The van der Waals surface area contributed by atoms with Gasteiger partial charge in [0.2, 0.25) is 21.8 Å². The molecule has 0 aliphatic rings. The average Bonchev–Trinajstić information content (AvgIpc) is 2.75. The van der Waals surface area contributed by atoms with Crippen molar-refractivity contribution in [3.8, 4) is 0 Å². The fourth-order valence-corrected chi connectivity index (χ4v) is 4.46. The molecule has 7 nitrogen and oxygen atoms in total. The Morgan fingerprint density at radius 1 is 1.06 bits per heavy atom. The van der Waals surface area contributed by atoms with Gasteiger partial charge in [-0.2, -0.15) is 4.31 Å². The maximum Gasteiger partial charge on any atom is 0.243 e. The van der Waals surface area contributed by atoms with Crippen molar-refractivity contribution in [3.05, 3.63) is 64.7 Å². The van der Waals surface area contributed by atoms with Crippen LogP contribution in [0.15, 0.2) is 53.4 Å². The second kappa shape index (κ2) is 11.6. The molecule has 0 aliphatic heterocycles. The third-order valence-corrected chi connectivity index (χ3v) is 7.23. The van der Waals surface area contributed by atoms with E-state index in [0.717, 1.165) is 15.4 Å². The Hall–Kier alpha value is -2.42. The topological polar surface area (TPSA) is 86.8 Å². The molecule has 2 aromatic rings. The number of carbonyl (C=O) groups is 2. The zero-order valence-corrected chi connectivity index (χ0v) is 21.3. The van der Waals surface area contributed by atoms with Gasteiger partial charge in [0.05, 0.1) is 11.4 Å². The first-order valence-electron chi connectivity index (χ1n) is 10.8. The molecule has 33 heavy (non-hydrogen) atoms. The fourth-order valence-electron chi connectivity index (χ4n) is 3.12. The summed E-state index contributed by atoms with van der Waals surface area (Å²) in [6.07, 6.45) is 0. The van der Waals surface area contributed by atoms with Crippen LogP contribution in [0.3, 0.4) is 0 Å². The van der Waals surface area contributed by atoms with Crippen molar-refractivity contribution in [3.63, 3.8) is 0 Å². The molecule has 0 bridgehead atoms. The van der Waals surface area contributed by atoms with Gasteiger partial charge in [0.1, 0.15) is 6.04 Å². The number of hydrogen-bond donors (Lipinski definition) is 1. The molecule has 2 aromatic carbocycles. The summed E-state index contributed by atoms with van der Waals surface area (Å²) in [6.45, 7) is 7.64. The van der Waals surface area contributed by atoms with Gasteiger partial charge in [-0.15, -0.1) is 0 Å². The zero-order valence-electron chi connectivity index (χ0n) is 19.7. The highest BCUT2D eigenvalue weighted by Gasteiger charge is 2.30. The van der Waals surface area contributed by atoms with Crippen LogP contribution in [0.5, 0.6) is 0 Å². The van der Waals surface area contributed by atoms with Crippen LogP contribution in [0.25, 0.3) is 0 Å². The number of carbonyl (C=O) groups excluding carboxylic acids is 2. The van der Waals surface area contributed by atoms with Crippen molar-refractivity contribution < 1.29 is 18.0 Å². The molecule has 0 fully saturated rings. The molecule has 0 saturated carbocycles. The van der Waals surface area contributed by atoms with Crippen molar-refractivity contribution >= 4 is 33.4 Å². The lowest BCUT2D eigenvalue weighted by atomic mass is 10.1. The summed E-state index contributed by atoms with van der Waals surface area (Å²) < 4.78 is 26.9. The maximum atomic E-state index is 13.3. The number of sulfonamides is 1. The number of likely N-dealkylation sites (N-methyl/N-ethyl adjacent to an activating group) is 1. The first-order chi connectivity index (χ1) is 15.4. The van der Waals surface area contributed by atoms with Gasteiger partial charge in [-0.05, 0) is 49.6 Å². The predicted molar refractivity (Wildman–Crippen MR) is 130 cm³/mol. The van der Waals surface area contributed by atoms with Crippen molar-refractivity contribution in [1.29, 1.82) is 0 Å². The first-order valence-corrected chi connectivity index (χ1v) is 12.6. The lowest BCUT2D eigenvalue weighted by Gasteiger charge is -2.30. The van der Waals surface area contributed by atoms with Crippen LogP contribution in [0.1, 0.15) is 31.9 Å². The smallest absolute Gasteiger partial charge is 0.243 e. The molecular weight excluding hydrogens is 462 g/mol. The van der Waals surface area contributed by atoms with Crippen LogP contribution in [0.4, 0.5) is 0 Å². The Balaban J connectivity index is 2.25. The summed E-state index contributed by atoms with van der Waals surface area (Å²) in [6, 6.07) is 12.6. The molecule has 2 amide bonds. The van der Waals surface area contributed by atoms with E-state index in [1.807, 2.05) is 20.8 Å². The largest absolute Gasteiger partial charge is 0.354 e. The van der Waals surface area contributed by atoms with Gasteiger partial charge in [-0.1, -0.05) is 55.3 Å². The highest BCUT2D eigenvalue weighted by Crippen LogP contribution is 2.18. The third-order valence-electron chi connectivity index (χ3n) is 5.18. The van der Waals surface area contributed by atoms with Crippen molar-refractivity contribution in [1.82, 2.24) is 14.5 Å². The number of nitrogens with one attached hydrogen (secondary N) is 1. The van der Waals surface area contributed by atoms with Gasteiger partial charge in [0.25, 0.3) is 0 Å². The van der Waals surface area contributed by atoms with Crippen molar-refractivity contribution in [2.24, 2.45) is 5.92 Å². The quantitative estimate of drug-likeness (QED) is 0.549. The Labute approximate surface area is 201 Å². The van der Waals surface area contributed by atoms with Crippen LogP contribution >= 0.6 is 11.6 Å². The molecule has 0 aromatic heterocycles. The summed E-state index contributed by atoms with van der Waals surface area (Å²) in [4.78, 5) is 27.5. The van der Waals surface area contributed by atoms with E-state index in [4.69, 9.17) is 11.6 Å². The van der Waals surface area contributed by atoms with Crippen molar-refractivity contribution in [2.75, 3.05) is 20.1 Å². The van der Waals surface area contributed by atoms with E-state index in [9.17, 15) is 18.0 Å². The second-order valence-corrected chi connectivity index (χ2v) is 11.0. The molecule has 0 saturated heterocycles. The minimum atomic E-state index is -3.87. The highest BCUT2D eigenvalue weighted by atomic mass is 35.5. The van der Waals surface area contributed by atoms with E-state index in [1.165, 1.54) is 24.1 Å². The fraction of sp³-hybridized carbons (Fsp3) is 0.417. The number of amides is 2. The summed E-state index contributed by atoms with van der Waals surface area (Å²) in [7, 11) is -2.51. The molecule has 0 heterocycles. The number of hydrogen-bond acceptors (Lipinski definition) is 4. The van der Waals surface area contributed by atoms with E-state index < -0.39 is 28.5 Å². The summed E-state index contributed by atoms with van der Waals surface area (Å²) in [5.74, 6) is -0.535. The lowest BCUT2D eigenvalue weighted by Crippen LogP contribution is -2.51. The van der Waals surface area contributed by atoms with Crippen LogP contribution in [0.2, 0.25) is 5.02 Å². The SMILES string of the molecule is Cc1ccc(S(=O)(=O)N(C)CC(=O)N(Cc2cccc(Cl)c2)C(C)C(=O)NCC(C)C)cc1. The average molecular weight is 494 g/mol. The lowest BCUT2D eigenvalue weighted by molar-refractivity contribution is -0.140. The van der Waals surface area contributed by atoms with Crippen LogP contribution in [-0.2, 0) is 26.2 Å². The number of halogens is 1. The molecular formula is C24H32ClN3O4S. The molecule has 1 atom stereocenters. The minimum Gasteiger partial charge on any atom is -0.354 e. The van der Waals surface area contributed by atoms with Crippen LogP contribution < -0.4 is 5.32 Å². The molecule has 0 spiro atoms. The third kappa shape index (κ3) is 7.55. The van der Waals surface area contributed by atoms with Gasteiger partial charge in [-0.3, -0.25) is 9.59 Å². The molecule has 1 unspecified atom stereocenters. The van der Waals surface area contributed by atoms with E-state index in [0.29, 0.717) is 11.6 Å². The van der Waals surface area contributed by atoms with E-state index in [2.05, 4.69) is 5.32 Å². The maximum absolute atomic E-state index is 13.3. The standard InChI is InChI=1S/C24H32ClN3O4S/c1-17(2)14-26-24(30)19(4)28(15-20-7-6-8-21(25)13-20)23(29)16-27(5)33(31,32)22-11-9-18(3)10-12-22/h6-13,17,19H,14-16H2,1-5H3,(H,26,30). The van der Waals surface area contributed by atoms with E-state index in [-0.39, 0.29) is 23.3 Å². The highest BCUT2D eigenvalue weighted by molar-refractivity contribution is 7.89. The number of rotatable bonds is 10. The monoisotopic (exact) mass is 493 g/mol. The summed E-state index contributed by atoms with van der Waals surface area (Å²) in [5, 5.41) is 3.35. The molecule has 0 aliphatic carbocycles. The van der Waals surface area contributed by atoms with Crippen molar-refractivity contribution in [2.45, 2.75) is 45.2 Å². The molecule has 9 heteroatoms. The van der Waals surface area contributed by atoms with Crippen LogP contribution in [-0.4, -0.2) is 55.6 Å². The normalized spacial score (nSPS) is 12.6. The Kier molecular flexibility index (Phi) is 9.46. The summed E-state index contributed by atoms with van der Waals surface area (Å²) in [5.41, 5.74) is 1.67. The summed E-state index contributed by atoms with van der Waals surface area (Å²) >= 11 is 6.09. The number of aryl methyl sites for hydroxylation is 1. The van der Waals surface area contributed by atoms with E-state index >= 15 is 0 Å². The van der Waals surface area contributed by atoms with Gasteiger partial charge >= 0.3 is 0 Å². The molecule has 0 radical (unpaired) electrons. The van der Waals surface area contributed by atoms with Gasteiger partial charge in [0, 0.05) is 25.2 Å². The van der Waals surface area contributed by atoms with Crippen LogP contribution in [0, 0.1) is 12.8 Å². The Morgan fingerprint density at radius 2 is 1.70 bits per heavy atom. The van der Waals surface area contributed by atoms with Gasteiger partial charge < -0.3 is 10.2 Å². The Morgan fingerprint density at radius 3 is 2.27 bits per heavy atom. The molecule has 1 N–H and O–H groups in total. The van der Waals surface area contributed by atoms with E-state index in [1.54, 1.807) is 43.3 Å². The number of benzene rings is 2. The number of nitrogens with zero attached hydrogens (tertiary/aromatic N) is 2. The molecule has 180 valence electrons. The molecule has 2 rings (SSSR count). The minimum absolute atomic E-state index is 0.104. The predicted octanol–water partition coefficient (Wildman–Crippen LogP) is 3.46. The first kappa shape index (κ1) is 26.8. The second-order valence-electron chi connectivity index (χ2n) is 8.54. The van der Waals surface area contributed by atoms with Gasteiger partial charge in [0.15, 0.2) is 0 Å². The van der Waals surface area contributed by atoms with Gasteiger partial charge in [-0.25, -0.2) is 8.42 Å².